The maximum absolute atomic E-state index is 5.71. The molecule has 0 spiro atoms. The Morgan fingerprint density at radius 3 is 2.69 bits per heavy atom. The SMILES string of the molecule is Cl.NCC1CCCN(CCOCC2CC2)C1. The fourth-order valence-corrected chi connectivity index (χ4v) is 2.27. The second-order valence-electron chi connectivity index (χ2n) is 5.06. The number of likely N-dealkylation sites (tertiary alicyclic amines) is 1. The Kier molecular flexibility index (Phi) is 6.66. The lowest BCUT2D eigenvalue weighted by Crippen LogP contribution is -2.40. The summed E-state index contributed by atoms with van der Waals surface area (Å²) in [6.45, 7) is 6.27. The van der Waals surface area contributed by atoms with E-state index < -0.39 is 0 Å². The van der Waals surface area contributed by atoms with Crippen LogP contribution in [0.4, 0.5) is 0 Å². The average molecular weight is 249 g/mol. The van der Waals surface area contributed by atoms with Crippen molar-refractivity contribution in [3.63, 3.8) is 0 Å². The number of nitrogens with two attached hydrogens (primary N) is 1. The highest BCUT2D eigenvalue weighted by Gasteiger charge is 2.22. The minimum absolute atomic E-state index is 0. The molecule has 1 atom stereocenters. The van der Waals surface area contributed by atoms with E-state index in [1.807, 2.05) is 0 Å². The molecule has 0 aromatic heterocycles. The molecule has 0 amide bonds. The standard InChI is InChI=1S/C12H24N2O.ClH/c13-8-12-2-1-5-14(9-12)6-7-15-10-11-3-4-11;/h11-12H,1-10,13H2;1H. The summed E-state index contributed by atoms with van der Waals surface area (Å²) in [7, 11) is 0. The van der Waals surface area contributed by atoms with E-state index in [-0.39, 0.29) is 12.4 Å². The largest absolute Gasteiger partial charge is 0.380 e. The Hall–Kier alpha value is 0.170. The molecule has 2 rings (SSSR count). The third kappa shape index (κ3) is 5.00. The highest BCUT2D eigenvalue weighted by molar-refractivity contribution is 5.85. The first-order valence-corrected chi connectivity index (χ1v) is 6.38. The van der Waals surface area contributed by atoms with Gasteiger partial charge in [0.2, 0.25) is 0 Å². The zero-order chi connectivity index (χ0) is 10.5. The van der Waals surface area contributed by atoms with E-state index in [0.717, 1.165) is 38.1 Å². The summed E-state index contributed by atoms with van der Waals surface area (Å²) in [4.78, 5) is 2.51. The molecule has 1 heterocycles. The van der Waals surface area contributed by atoms with Crippen molar-refractivity contribution >= 4 is 12.4 Å². The van der Waals surface area contributed by atoms with Gasteiger partial charge >= 0.3 is 0 Å². The van der Waals surface area contributed by atoms with E-state index in [2.05, 4.69) is 4.90 Å². The van der Waals surface area contributed by atoms with E-state index in [1.54, 1.807) is 0 Å². The second kappa shape index (κ2) is 7.49. The maximum Gasteiger partial charge on any atom is 0.0593 e. The van der Waals surface area contributed by atoms with Gasteiger partial charge in [-0.3, -0.25) is 0 Å². The molecule has 0 bridgehead atoms. The van der Waals surface area contributed by atoms with Gasteiger partial charge in [-0.1, -0.05) is 0 Å². The summed E-state index contributed by atoms with van der Waals surface area (Å²) in [5, 5.41) is 0. The summed E-state index contributed by atoms with van der Waals surface area (Å²) in [6, 6.07) is 0. The fraction of sp³-hybridized carbons (Fsp3) is 1.00. The first-order chi connectivity index (χ1) is 7.38. The van der Waals surface area contributed by atoms with Gasteiger partial charge in [-0.05, 0) is 50.6 Å². The molecule has 1 unspecified atom stereocenters. The number of hydrogen-bond donors (Lipinski definition) is 1. The first-order valence-electron chi connectivity index (χ1n) is 6.38. The van der Waals surface area contributed by atoms with E-state index in [1.165, 1.54) is 38.8 Å². The summed E-state index contributed by atoms with van der Waals surface area (Å²) < 4.78 is 5.66. The van der Waals surface area contributed by atoms with Gasteiger partial charge in [0.1, 0.15) is 0 Å². The molecule has 2 fully saturated rings. The van der Waals surface area contributed by atoms with Crippen molar-refractivity contribution in [2.24, 2.45) is 17.6 Å². The van der Waals surface area contributed by atoms with Crippen molar-refractivity contribution in [1.82, 2.24) is 4.90 Å². The van der Waals surface area contributed by atoms with Crippen LogP contribution in [0.15, 0.2) is 0 Å². The molecule has 2 aliphatic rings. The Bertz CT molecular complexity index is 188. The zero-order valence-corrected chi connectivity index (χ0v) is 10.9. The van der Waals surface area contributed by atoms with Crippen LogP contribution in [0.3, 0.4) is 0 Å². The van der Waals surface area contributed by atoms with Crippen molar-refractivity contribution in [2.45, 2.75) is 25.7 Å². The van der Waals surface area contributed by atoms with Gasteiger partial charge in [0, 0.05) is 19.7 Å². The molecule has 1 aliphatic heterocycles. The Morgan fingerprint density at radius 1 is 1.19 bits per heavy atom. The monoisotopic (exact) mass is 248 g/mol. The Labute approximate surface area is 105 Å². The number of ether oxygens (including phenoxy) is 1. The normalized spacial score (nSPS) is 26.4. The van der Waals surface area contributed by atoms with Crippen LogP contribution >= 0.6 is 12.4 Å². The predicted molar refractivity (Wildman–Crippen MR) is 69.0 cm³/mol. The summed E-state index contributed by atoms with van der Waals surface area (Å²) in [6.07, 6.45) is 5.40. The van der Waals surface area contributed by atoms with Gasteiger partial charge in [-0.2, -0.15) is 0 Å². The highest BCUT2D eigenvalue weighted by Crippen LogP contribution is 2.28. The zero-order valence-electron chi connectivity index (χ0n) is 10.1. The van der Waals surface area contributed by atoms with E-state index in [9.17, 15) is 0 Å². The van der Waals surface area contributed by atoms with Gasteiger partial charge < -0.3 is 15.4 Å². The lowest BCUT2D eigenvalue weighted by atomic mass is 9.98. The Balaban J connectivity index is 0.00000128. The van der Waals surface area contributed by atoms with E-state index >= 15 is 0 Å². The first kappa shape index (κ1) is 14.2. The van der Waals surface area contributed by atoms with Crippen LogP contribution in [-0.4, -0.2) is 44.3 Å². The van der Waals surface area contributed by atoms with Crippen LogP contribution < -0.4 is 5.73 Å². The van der Waals surface area contributed by atoms with Gasteiger partial charge in [-0.15, -0.1) is 12.4 Å². The van der Waals surface area contributed by atoms with Crippen LogP contribution in [0, 0.1) is 11.8 Å². The molecule has 0 aromatic rings. The maximum atomic E-state index is 5.71. The molecule has 4 heteroatoms. The summed E-state index contributed by atoms with van der Waals surface area (Å²) in [5.74, 6) is 1.62. The van der Waals surface area contributed by atoms with Crippen molar-refractivity contribution < 1.29 is 4.74 Å². The van der Waals surface area contributed by atoms with Gasteiger partial charge in [0.05, 0.1) is 6.61 Å². The van der Waals surface area contributed by atoms with Gasteiger partial charge in [0.25, 0.3) is 0 Å². The summed E-state index contributed by atoms with van der Waals surface area (Å²) in [5.41, 5.74) is 5.71. The number of hydrogen-bond acceptors (Lipinski definition) is 3. The molecule has 96 valence electrons. The second-order valence-corrected chi connectivity index (χ2v) is 5.06. The van der Waals surface area contributed by atoms with Crippen LogP contribution in [-0.2, 0) is 4.74 Å². The molecule has 3 nitrogen and oxygen atoms in total. The minimum atomic E-state index is 0. The Morgan fingerprint density at radius 2 is 2.00 bits per heavy atom. The molecule has 0 aromatic carbocycles. The summed E-state index contributed by atoms with van der Waals surface area (Å²) >= 11 is 0. The molecule has 1 saturated carbocycles. The quantitative estimate of drug-likeness (QED) is 0.725. The fourth-order valence-electron chi connectivity index (χ4n) is 2.27. The van der Waals surface area contributed by atoms with Crippen molar-refractivity contribution in [1.29, 1.82) is 0 Å². The van der Waals surface area contributed by atoms with E-state index in [4.69, 9.17) is 10.5 Å². The lowest BCUT2D eigenvalue weighted by molar-refractivity contribution is 0.0803. The number of halogens is 1. The molecule has 0 radical (unpaired) electrons. The van der Waals surface area contributed by atoms with Crippen LogP contribution in [0.2, 0.25) is 0 Å². The van der Waals surface area contributed by atoms with Crippen LogP contribution in [0.5, 0.6) is 0 Å². The smallest absolute Gasteiger partial charge is 0.0593 e. The molecular weight excluding hydrogens is 224 g/mol. The number of piperidine rings is 1. The molecule has 1 aliphatic carbocycles. The van der Waals surface area contributed by atoms with Gasteiger partial charge in [-0.25, -0.2) is 0 Å². The van der Waals surface area contributed by atoms with Crippen LogP contribution in [0.25, 0.3) is 0 Å². The number of rotatable bonds is 6. The topological polar surface area (TPSA) is 38.5 Å². The lowest BCUT2D eigenvalue weighted by Gasteiger charge is -2.31. The minimum Gasteiger partial charge on any atom is -0.380 e. The third-order valence-electron chi connectivity index (χ3n) is 3.54. The number of nitrogens with zero attached hydrogens (tertiary/aromatic N) is 1. The predicted octanol–water partition coefficient (Wildman–Crippen LogP) is 1.51. The molecule has 1 saturated heterocycles. The average Bonchev–Trinajstić information content (AvgIpc) is 3.09. The van der Waals surface area contributed by atoms with Crippen molar-refractivity contribution in [2.75, 3.05) is 39.4 Å². The van der Waals surface area contributed by atoms with Crippen molar-refractivity contribution in [3.05, 3.63) is 0 Å². The van der Waals surface area contributed by atoms with Crippen molar-refractivity contribution in [3.8, 4) is 0 Å². The molecule has 16 heavy (non-hydrogen) atoms. The third-order valence-corrected chi connectivity index (χ3v) is 3.54. The molecular formula is C12H25ClN2O. The van der Waals surface area contributed by atoms with Gasteiger partial charge in [0.15, 0.2) is 0 Å². The molecule has 2 N–H and O–H groups in total. The highest BCUT2D eigenvalue weighted by atomic mass is 35.5. The van der Waals surface area contributed by atoms with Crippen LogP contribution in [0.1, 0.15) is 25.7 Å². The van der Waals surface area contributed by atoms with E-state index in [0.29, 0.717) is 0 Å².